The Morgan fingerprint density at radius 3 is 2.35 bits per heavy atom. The molecule has 0 spiro atoms. The van der Waals surface area contributed by atoms with Gasteiger partial charge in [-0.1, -0.05) is 66.7 Å². The predicted molar refractivity (Wildman–Crippen MR) is 121 cm³/mol. The van der Waals surface area contributed by atoms with E-state index in [9.17, 15) is 9.18 Å². The number of amides is 2. The highest BCUT2D eigenvalue weighted by molar-refractivity contribution is 5.73. The largest absolute Gasteiger partial charge is 0.337 e. The summed E-state index contributed by atoms with van der Waals surface area (Å²) in [5.41, 5.74) is 4.92. The summed E-state index contributed by atoms with van der Waals surface area (Å²) in [4.78, 5) is 14.6. The molecule has 1 aliphatic heterocycles. The van der Waals surface area contributed by atoms with E-state index < -0.39 is 0 Å². The molecule has 2 amide bonds. The van der Waals surface area contributed by atoms with Gasteiger partial charge in [-0.3, -0.25) is 4.90 Å². The molecule has 0 radical (unpaired) electrons. The molecule has 1 unspecified atom stereocenters. The van der Waals surface area contributed by atoms with Crippen LogP contribution in [0.2, 0.25) is 0 Å². The number of carbonyl (C=O) groups is 1. The molecule has 3 aromatic carbocycles. The van der Waals surface area contributed by atoms with Gasteiger partial charge in [-0.25, -0.2) is 9.18 Å². The Balaban J connectivity index is 1.33. The number of hydrogen-bond acceptors (Lipinski definition) is 2. The fourth-order valence-corrected chi connectivity index (χ4v) is 4.15. The summed E-state index contributed by atoms with van der Waals surface area (Å²) in [6.45, 7) is 2.70. The Morgan fingerprint density at radius 2 is 1.58 bits per heavy atom. The number of nitrogens with one attached hydrogen (secondary N) is 2. The van der Waals surface area contributed by atoms with E-state index in [1.54, 1.807) is 0 Å². The van der Waals surface area contributed by atoms with E-state index in [0.717, 1.165) is 37.1 Å². The molecule has 4 rings (SSSR count). The minimum atomic E-state index is -0.208. The standard InChI is InChI=1S/C26H28FN3O/c27-24-12-10-20(11-13-24)16-25-17-22-8-4-5-9-23(22)19-30(25)15-14-28-26(31)29-18-21-6-2-1-3-7-21/h1-13,25H,14-19H2,(H2,28,29,31). The summed E-state index contributed by atoms with van der Waals surface area (Å²) in [5.74, 6) is -0.208. The highest BCUT2D eigenvalue weighted by atomic mass is 19.1. The molecule has 1 atom stereocenters. The average Bonchev–Trinajstić information content (AvgIpc) is 2.80. The van der Waals surface area contributed by atoms with Gasteiger partial charge in [0.1, 0.15) is 5.82 Å². The third-order valence-electron chi connectivity index (χ3n) is 5.83. The van der Waals surface area contributed by atoms with E-state index in [1.165, 1.54) is 23.3 Å². The Hall–Kier alpha value is -3.18. The van der Waals surface area contributed by atoms with E-state index in [1.807, 2.05) is 42.5 Å². The first-order valence-electron chi connectivity index (χ1n) is 10.8. The maximum Gasteiger partial charge on any atom is 0.315 e. The van der Waals surface area contributed by atoms with Gasteiger partial charge in [0.2, 0.25) is 0 Å². The van der Waals surface area contributed by atoms with Crippen LogP contribution in [0.25, 0.3) is 0 Å². The smallest absolute Gasteiger partial charge is 0.315 e. The van der Waals surface area contributed by atoms with E-state index in [4.69, 9.17) is 0 Å². The molecule has 5 heteroatoms. The fraction of sp³-hybridized carbons (Fsp3) is 0.269. The molecule has 3 aromatic rings. The predicted octanol–water partition coefficient (Wildman–Crippen LogP) is 4.29. The monoisotopic (exact) mass is 417 g/mol. The van der Waals surface area contributed by atoms with E-state index in [-0.39, 0.29) is 11.8 Å². The number of nitrogens with zero attached hydrogens (tertiary/aromatic N) is 1. The number of hydrogen-bond donors (Lipinski definition) is 2. The summed E-state index contributed by atoms with van der Waals surface area (Å²) in [6, 6.07) is 25.3. The Morgan fingerprint density at radius 1 is 0.871 bits per heavy atom. The minimum absolute atomic E-state index is 0.156. The van der Waals surface area contributed by atoms with Crippen LogP contribution in [0.3, 0.4) is 0 Å². The lowest BCUT2D eigenvalue weighted by molar-refractivity contribution is 0.170. The number of carbonyl (C=O) groups excluding carboxylic acids is 1. The van der Waals surface area contributed by atoms with Gasteiger partial charge >= 0.3 is 6.03 Å². The van der Waals surface area contributed by atoms with Gasteiger partial charge in [-0.2, -0.15) is 0 Å². The third kappa shape index (κ3) is 5.92. The maximum atomic E-state index is 13.3. The topological polar surface area (TPSA) is 44.4 Å². The lowest BCUT2D eigenvalue weighted by Crippen LogP contribution is -2.46. The zero-order chi connectivity index (χ0) is 21.5. The quantitative estimate of drug-likeness (QED) is 0.602. The van der Waals surface area contributed by atoms with E-state index in [0.29, 0.717) is 19.1 Å². The Bertz CT molecular complexity index is 991. The van der Waals surface area contributed by atoms with Crippen molar-refractivity contribution >= 4 is 6.03 Å². The molecule has 0 aliphatic carbocycles. The third-order valence-corrected chi connectivity index (χ3v) is 5.83. The molecule has 1 aliphatic rings. The molecule has 160 valence electrons. The summed E-state index contributed by atoms with van der Waals surface area (Å²) in [6.07, 6.45) is 1.81. The first-order chi connectivity index (χ1) is 15.2. The molecule has 31 heavy (non-hydrogen) atoms. The van der Waals surface area contributed by atoms with Crippen LogP contribution >= 0.6 is 0 Å². The van der Waals surface area contributed by atoms with Crippen LogP contribution in [0, 0.1) is 5.82 Å². The second-order valence-corrected chi connectivity index (χ2v) is 8.02. The van der Waals surface area contributed by atoms with E-state index in [2.05, 4.69) is 39.8 Å². The number of urea groups is 1. The maximum absolute atomic E-state index is 13.3. The average molecular weight is 418 g/mol. The van der Waals surface area contributed by atoms with Crippen LogP contribution in [-0.4, -0.2) is 30.1 Å². The molecular formula is C26H28FN3O. The van der Waals surface area contributed by atoms with Crippen molar-refractivity contribution in [1.29, 1.82) is 0 Å². The summed E-state index contributed by atoms with van der Waals surface area (Å²) in [5, 5.41) is 5.88. The van der Waals surface area contributed by atoms with Gasteiger partial charge < -0.3 is 10.6 Å². The van der Waals surface area contributed by atoms with Gasteiger partial charge in [0.05, 0.1) is 0 Å². The number of halogens is 1. The summed E-state index contributed by atoms with van der Waals surface area (Å²) < 4.78 is 13.3. The molecule has 0 aromatic heterocycles. The molecule has 2 N–H and O–H groups in total. The number of benzene rings is 3. The molecule has 0 saturated heterocycles. The molecule has 1 heterocycles. The minimum Gasteiger partial charge on any atom is -0.337 e. The highest BCUT2D eigenvalue weighted by Crippen LogP contribution is 2.25. The van der Waals surface area contributed by atoms with Gasteiger partial charge in [0, 0.05) is 32.2 Å². The molecule has 0 fully saturated rings. The van der Waals surface area contributed by atoms with Gasteiger partial charge in [0.25, 0.3) is 0 Å². The lowest BCUT2D eigenvalue weighted by atomic mass is 9.90. The van der Waals surface area contributed by atoms with E-state index >= 15 is 0 Å². The van der Waals surface area contributed by atoms with Crippen LogP contribution in [0.4, 0.5) is 9.18 Å². The number of rotatable bonds is 7. The zero-order valence-corrected chi connectivity index (χ0v) is 17.6. The van der Waals surface area contributed by atoms with Crippen molar-refractivity contribution in [2.24, 2.45) is 0 Å². The van der Waals surface area contributed by atoms with Crippen LogP contribution < -0.4 is 10.6 Å². The molecule has 4 nitrogen and oxygen atoms in total. The van der Waals surface area contributed by atoms with Crippen molar-refractivity contribution < 1.29 is 9.18 Å². The van der Waals surface area contributed by atoms with Gasteiger partial charge in [0.15, 0.2) is 0 Å². The Labute approximate surface area is 183 Å². The van der Waals surface area contributed by atoms with Crippen molar-refractivity contribution in [3.8, 4) is 0 Å². The van der Waals surface area contributed by atoms with Crippen LogP contribution in [-0.2, 0) is 25.9 Å². The number of fused-ring (bicyclic) bond motifs is 1. The summed E-state index contributed by atoms with van der Waals surface area (Å²) in [7, 11) is 0. The van der Waals surface area contributed by atoms with Crippen molar-refractivity contribution in [3.63, 3.8) is 0 Å². The van der Waals surface area contributed by atoms with Gasteiger partial charge in [-0.05, 0) is 47.2 Å². The van der Waals surface area contributed by atoms with Crippen molar-refractivity contribution in [2.75, 3.05) is 13.1 Å². The Kier molecular flexibility index (Phi) is 6.95. The normalized spacial score (nSPS) is 15.8. The molecule has 0 bridgehead atoms. The fourth-order valence-electron chi connectivity index (χ4n) is 4.15. The molecule has 0 saturated carbocycles. The van der Waals surface area contributed by atoms with Crippen LogP contribution in [0.15, 0.2) is 78.9 Å². The zero-order valence-electron chi connectivity index (χ0n) is 17.6. The van der Waals surface area contributed by atoms with Crippen LogP contribution in [0.1, 0.15) is 22.3 Å². The first-order valence-corrected chi connectivity index (χ1v) is 10.8. The second kappa shape index (κ2) is 10.2. The SMILES string of the molecule is O=C(NCCN1Cc2ccccc2CC1Cc1ccc(F)cc1)NCc1ccccc1. The van der Waals surface area contributed by atoms with Gasteiger partial charge in [-0.15, -0.1) is 0 Å². The lowest BCUT2D eigenvalue weighted by Gasteiger charge is -2.37. The molecular weight excluding hydrogens is 389 g/mol. The summed E-state index contributed by atoms with van der Waals surface area (Å²) >= 11 is 0. The van der Waals surface area contributed by atoms with Crippen LogP contribution in [0.5, 0.6) is 0 Å². The van der Waals surface area contributed by atoms with Crippen molar-refractivity contribution in [1.82, 2.24) is 15.5 Å². The van der Waals surface area contributed by atoms with Crippen molar-refractivity contribution in [3.05, 3.63) is 107 Å². The van der Waals surface area contributed by atoms with Crippen molar-refractivity contribution in [2.45, 2.75) is 32.0 Å². The second-order valence-electron chi connectivity index (χ2n) is 8.02. The highest BCUT2D eigenvalue weighted by Gasteiger charge is 2.25. The first kappa shape index (κ1) is 21.1.